The third-order valence-corrected chi connectivity index (χ3v) is 1.91. The molecule has 0 amide bonds. The fraction of sp³-hybridized carbons (Fsp3) is 0.778. The highest BCUT2D eigenvalue weighted by Gasteiger charge is 2.36. The van der Waals surface area contributed by atoms with E-state index in [2.05, 4.69) is 0 Å². The second-order valence-corrected chi connectivity index (χ2v) is 4.11. The molecule has 0 spiro atoms. The van der Waals surface area contributed by atoms with Gasteiger partial charge in [-0.1, -0.05) is 0 Å². The molecule has 0 aromatic heterocycles. The summed E-state index contributed by atoms with van der Waals surface area (Å²) in [6.45, 7) is 4.23. The number of aliphatic carboxylic acids is 2. The van der Waals surface area contributed by atoms with E-state index < -0.39 is 23.3 Å². The predicted molar refractivity (Wildman–Crippen MR) is 55.3 cm³/mol. The van der Waals surface area contributed by atoms with Crippen molar-refractivity contribution >= 4 is 11.9 Å². The summed E-state index contributed by atoms with van der Waals surface area (Å²) in [5.74, 6) is -4.21. The van der Waals surface area contributed by atoms with Crippen LogP contribution in [0.3, 0.4) is 0 Å². The molecular formula is C9H17NO7. The molecule has 1 aliphatic heterocycles. The van der Waals surface area contributed by atoms with Crippen LogP contribution in [0.4, 0.5) is 0 Å². The van der Waals surface area contributed by atoms with Crippen LogP contribution in [-0.2, 0) is 19.1 Å². The Labute approximate surface area is 97.9 Å². The Morgan fingerprint density at radius 1 is 1.18 bits per heavy atom. The molecule has 0 aromatic rings. The van der Waals surface area contributed by atoms with Gasteiger partial charge >= 0.3 is 11.9 Å². The highest BCUT2D eigenvalue weighted by atomic mass is 16.7. The summed E-state index contributed by atoms with van der Waals surface area (Å²) in [7, 11) is 0. The van der Waals surface area contributed by atoms with Gasteiger partial charge in [0.1, 0.15) is 0 Å². The van der Waals surface area contributed by atoms with E-state index in [1.54, 1.807) is 0 Å². The summed E-state index contributed by atoms with van der Waals surface area (Å²) in [6, 6.07) is 0. The van der Waals surface area contributed by atoms with Crippen LogP contribution >= 0.6 is 0 Å². The van der Waals surface area contributed by atoms with E-state index in [9.17, 15) is 0 Å². The van der Waals surface area contributed by atoms with E-state index in [1.165, 1.54) is 0 Å². The molecule has 0 atom stereocenters. The normalized spacial score (nSPS) is 20.9. The van der Waals surface area contributed by atoms with E-state index in [4.69, 9.17) is 40.1 Å². The van der Waals surface area contributed by atoms with Crippen LogP contribution in [0.15, 0.2) is 0 Å². The Hall–Kier alpha value is -1.22. The molecule has 1 rings (SSSR count). The molecule has 17 heavy (non-hydrogen) atoms. The van der Waals surface area contributed by atoms with Gasteiger partial charge in [0.2, 0.25) is 0 Å². The zero-order chi connectivity index (χ0) is 13.7. The Bertz CT molecular complexity index is 267. The summed E-state index contributed by atoms with van der Waals surface area (Å²) < 4.78 is 10.5. The van der Waals surface area contributed by atoms with Crippen molar-refractivity contribution in [3.8, 4) is 0 Å². The molecule has 1 aliphatic rings. The molecule has 1 saturated heterocycles. The van der Waals surface area contributed by atoms with E-state index >= 15 is 0 Å². The van der Waals surface area contributed by atoms with Crippen LogP contribution in [0.1, 0.15) is 13.8 Å². The zero-order valence-corrected chi connectivity index (χ0v) is 9.67. The number of ether oxygens (including phenoxy) is 2. The lowest BCUT2D eigenvalue weighted by molar-refractivity contribution is -0.270. The fourth-order valence-corrected chi connectivity index (χ4v) is 0.810. The Morgan fingerprint density at radius 2 is 1.53 bits per heavy atom. The molecule has 100 valence electrons. The molecule has 1 heterocycles. The first kappa shape index (κ1) is 15.8. The maximum atomic E-state index is 9.10. The third kappa shape index (κ3) is 6.17. The largest absolute Gasteiger partial charge is 0.473 e. The SMILES string of the molecule is CC1(C)OCC(N)(CO)CO1.O=C(O)C(=O)O. The zero-order valence-electron chi connectivity index (χ0n) is 9.67. The number of aliphatic hydroxyl groups is 1. The highest BCUT2D eigenvalue weighted by molar-refractivity contribution is 6.27. The van der Waals surface area contributed by atoms with Crippen molar-refractivity contribution in [1.82, 2.24) is 0 Å². The first-order valence-corrected chi connectivity index (χ1v) is 4.76. The maximum absolute atomic E-state index is 9.10. The lowest BCUT2D eigenvalue weighted by Crippen LogP contribution is -2.59. The average molecular weight is 251 g/mol. The van der Waals surface area contributed by atoms with Gasteiger partial charge < -0.3 is 30.5 Å². The predicted octanol–water partition coefficient (Wildman–Crippen LogP) is -1.39. The molecule has 0 radical (unpaired) electrons. The average Bonchev–Trinajstić information content (AvgIpc) is 2.24. The van der Waals surface area contributed by atoms with Crippen molar-refractivity contribution in [2.45, 2.75) is 25.2 Å². The number of carboxylic acids is 2. The van der Waals surface area contributed by atoms with Crippen molar-refractivity contribution in [2.75, 3.05) is 19.8 Å². The highest BCUT2D eigenvalue weighted by Crippen LogP contribution is 2.21. The molecule has 0 aliphatic carbocycles. The minimum absolute atomic E-state index is 0.108. The van der Waals surface area contributed by atoms with Gasteiger partial charge in [0.25, 0.3) is 0 Å². The molecule has 1 fully saturated rings. The summed E-state index contributed by atoms with van der Waals surface area (Å²) >= 11 is 0. The number of hydrogen-bond acceptors (Lipinski definition) is 6. The van der Waals surface area contributed by atoms with Gasteiger partial charge in [0.15, 0.2) is 5.79 Å². The van der Waals surface area contributed by atoms with Crippen LogP contribution in [0.5, 0.6) is 0 Å². The molecule has 0 aromatic carbocycles. The van der Waals surface area contributed by atoms with Gasteiger partial charge in [-0.2, -0.15) is 0 Å². The van der Waals surface area contributed by atoms with Crippen LogP contribution in [-0.4, -0.2) is 58.4 Å². The summed E-state index contributed by atoms with van der Waals surface area (Å²) in [5, 5.41) is 23.6. The van der Waals surface area contributed by atoms with Crippen LogP contribution in [0.25, 0.3) is 0 Å². The van der Waals surface area contributed by atoms with Crippen molar-refractivity contribution in [3.63, 3.8) is 0 Å². The van der Waals surface area contributed by atoms with Crippen molar-refractivity contribution in [2.24, 2.45) is 5.73 Å². The molecular weight excluding hydrogens is 234 g/mol. The van der Waals surface area contributed by atoms with E-state index in [1.807, 2.05) is 13.8 Å². The Balaban J connectivity index is 0.000000366. The van der Waals surface area contributed by atoms with E-state index in [0.29, 0.717) is 13.2 Å². The smallest absolute Gasteiger partial charge is 0.414 e. The molecule has 8 heteroatoms. The minimum Gasteiger partial charge on any atom is -0.473 e. The number of carboxylic acid groups (broad SMARTS) is 2. The van der Waals surface area contributed by atoms with Gasteiger partial charge in [0, 0.05) is 0 Å². The lowest BCUT2D eigenvalue weighted by atomic mass is 10.0. The summed E-state index contributed by atoms with van der Waals surface area (Å²) in [4.78, 5) is 18.2. The number of rotatable bonds is 1. The number of aliphatic hydroxyl groups excluding tert-OH is 1. The topological polar surface area (TPSA) is 139 Å². The number of carbonyl (C=O) groups is 2. The van der Waals surface area contributed by atoms with E-state index in [-0.39, 0.29) is 6.61 Å². The van der Waals surface area contributed by atoms with Crippen molar-refractivity contribution in [1.29, 1.82) is 0 Å². The monoisotopic (exact) mass is 251 g/mol. The first-order chi connectivity index (χ1) is 7.62. The lowest BCUT2D eigenvalue weighted by Gasteiger charge is -2.40. The number of nitrogens with two attached hydrogens (primary N) is 1. The molecule has 0 bridgehead atoms. The van der Waals surface area contributed by atoms with Gasteiger partial charge in [-0.25, -0.2) is 9.59 Å². The summed E-state index contributed by atoms with van der Waals surface area (Å²) in [5.41, 5.74) is 4.97. The maximum Gasteiger partial charge on any atom is 0.414 e. The molecule has 0 saturated carbocycles. The van der Waals surface area contributed by atoms with Crippen molar-refractivity contribution < 1.29 is 34.4 Å². The van der Waals surface area contributed by atoms with Crippen LogP contribution < -0.4 is 5.73 Å². The quantitative estimate of drug-likeness (QED) is 0.418. The fourth-order valence-electron chi connectivity index (χ4n) is 0.810. The summed E-state index contributed by atoms with van der Waals surface area (Å²) in [6.07, 6.45) is 0. The second-order valence-electron chi connectivity index (χ2n) is 4.11. The first-order valence-electron chi connectivity index (χ1n) is 4.76. The Morgan fingerprint density at radius 3 is 1.76 bits per heavy atom. The molecule has 0 unspecified atom stereocenters. The Kier molecular flexibility index (Phi) is 5.49. The van der Waals surface area contributed by atoms with Gasteiger partial charge in [-0.05, 0) is 13.8 Å². The van der Waals surface area contributed by atoms with Crippen LogP contribution in [0, 0.1) is 0 Å². The molecule has 8 nitrogen and oxygen atoms in total. The van der Waals surface area contributed by atoms with Gasteiger partial charge in [-0.15, -0.1) is 0 Å². The van der Waals surface area contributed by atoms with Gasteiger partial charge in [-0.3, -0.25) is 0 Å². The minimum atomic E-state index is -1.82. The van der Waals surface area contributed by atoms with E-state index in [0.717, 1.165) is 0 Å². The van der Waals surface area contributed by atoms with Crippen molar-refractivity contribution in [3.05, 3.63) is 0 Å². The third-order valence-electron chi connectivity index (χ3n) is 1.91. The van der Waals surface area contributed by atoms with Crippen LogP contribution in [0.2, 0.25) is 0 Å². The number of hydrogen-bond donors (Lipinski definition) is 4. The van der Waals surface area contributed by atoms with Gasteiger partial charge in [0.05, 0.1) is 25.4 Å². The second kappa shape index (κ2) is 5.92. The molecule has 5 N–H and O–H groups in total. The standard InChI is InChI=1S/C7H15NO3.C2H2O4/c1-6(2)10-4-7(8,3-9)5-11-6;3-1(4)2(5)6/h9H,3-5,8H2,1-2H3;(H,3,4)(H,5,6).